The standard InChI is InChI=1S/C22H30N2O3/c1-17-12-18(2)14-22(13-17)27-16-20(25)15-23-8-10-24(11-9-23)19-4-6-21(26-3)7-5-19/h4-7,12-14,20,25H,8-11,15-16H2,1-3H3/t20-/m1/s1. The topological polar surface area (TPSA) is 45.2 Å². The number of hydrogen-bond donors (Lipinski definition) is 1. The lowest BCUT2D eigenvalue weighted by Crippen LogP contribution is -2.49. The molecule has 0 aromatic heterocycles. The normalized spacial score (nSPS) is 16.2. The molecule has 5 heteroatoms. The summed E-state index contributed by atoms with van der Waals surface area (Å²) in [6.45, 7) is 8.85. The molecule has 5 nitrogen and oxygen atoms in total. The molecule has 0 amide bonds. The molecule has 1 aliphatic rings. The van der Waals surface area contributed by atoms with Crippen LogP contribution in [0, 0.1) is 13.8 Å². The van der Waals surface area contributed by atoms with Crippen LogP contribution in [0.3, 0.4) is 0 Å². The van der Waals surface area contributed by atoms with E-state index < -0.39 is 6.10 Å². The molecule has 1 saturated heterocycles. The number of aliphatic hydroxyl groups is 1. The lowest BCUT2D eigenvalue weighted by molar-refractivity contribution is 0.0662. The van der Waals surface area contributed by atoms with Gasteiger partial charge in [-0.25, -0.2) is 0 Å². The van der Waals surface area contributed by atoms with Crippen LogP contribution in [0.2, 0.25) is 0 Å². The van der Waals surface area contributed by atoms with E-state index in [0.29, 0.717) is 13.2 Å². The van der Waals surface area contributed by atoms with Crippen LogP contribution in [0.4, 0.5) is 5.69 Å². The Kier molecular flexibility index (Phi) is 6.58. The van der Waals surface area contributed by atoms with Crippen molar-refractivity contribution in [1.82, 2.24) is 4.90 Å². The number of ether oxygens (including phenoxy) is 2. The Balaban J connectivity index is 1.42. The number of nitrogens with zero attached hydrogens (tertiary/aromatic N) is 2. The Morgan fingerprint density at radius 2 is 1.56 bits per heavy atom. The van der Waals surface area contributed by atoms with E-state index in [1.54, 1.807) is 7.11 Å². The van der Waals surface area contributed by atoms with Crippen molar-refractivity contribution in [1.29, 1.82) is 0 Å². The summed E-state index contributed by atoms with van der Waals surface area (Å²) in [5, 5.41) is 10.3. The fourth-order valence-electron chi connectivity index (χ4n) is 3.54. The average Bonchev–Trinajstić information content (AvgIpc) is 2.66. The lowest BCUT2D eigenvalue weighted by atomic mass is 10.1. The first kappa shape index (κ1) is 19.5. The van der Waals surface area contributed by atoms with Crippen LogP contribution in [0.5, 0.6) is 11.5 Å². The SMILES string of the molecule is COc1ccc(N2CCN(C[C@@H](O)COc3cc(C)cc(C)c3)CC2)cc1. The van der Waals surface area contributed by atoms with Crippen molar-refractivity contribution >= 4 is 5.69 Å². The van der Waals surface area contributed by atoms with Crippen LogP contribution < -0.4 is 14.4 Å². The van der Waals surface area contributed by atoms with Crippen LogP contribution in [-0.2, 0) is 0 Å². The van der Waals surface area contributed by atoms with E-state index in [2.05, 4.69) is 41.8 Å². The minimum Gasteiger partial charge on any atom is -0.497 e. The third kappa shape index (κ3) is 5.62. The molecule has 2 aromatic rings. The van der Waals surface area contributed by atoms with Gasteiger partial charge in [0.05, 0.1) is 7.11 Å². The maximum Gasteiger partial charge on any atom is 0.119 e. The van der Waals surface area contributed by atoms with Gasteiger partial charge in [0.25, 0.3) is 0 Å². The van der Waals surface area contributed by atoms with Gasteiger partial charge in [-0.15, -0.1) is 0 Å². The fourth-order valence-corrected chi connectivity index (χ4v) is 3.54. The van der Waals surface area contributed by atoms with Crippen molar-refractivity contribution in [3.63, 3.8) is 0 Å². The molecular formula is C22H30N2O3. The second-order valence-electron chi connectivity index (χ2n) is 7.27. The molecule has 1 heterocycles. The highest BCUT2D eigenvalue weighted by molar-refractivity contribution is 5.49. The first-order valence-corrected chi connectivity index (χ1v) is 9.54. The summed E-state index contributed by atoms with van der Waals surface area (Å²) in [5.41, 5.74) is 3.57. The molecule has 2 aromatic carbocycles. The van der Waals surface area contributed by atoms with Gasteiger partial charge in [0, 0.05) is 38.4 Å². The zero-order chi connectivity index (χ0) is 19.2. The molecule has 0 radical (unpaired) electrons. The molecule has 0 saturated carbocycles. The van der Waals surface area contributed by atoms with Crippen molar-refractivity contribution in [2.24, 2.45) is 0 Å². The van der Waals surface area contributed by atoms with Crippen LogP contribution in [0.15, 0.2) is 42.5 Å². The van der Waals surface area contributed by atoms with Gasteiger partial charge in [0.1, 0.15) is 24.2 Å². The second-order valence-corrected chi connectivity index (χ2v) is 7.27. The van der Waals surface area contributed by atoms with E-state index in [4.69, 9.17) is 9.47 Å². The summed E-state index contributed by atoms with van der Waals surface area (Å²) >= 11 is 0. The third-order valence-electron chi connectivity index (χ3n) is 4.92. The van der Waals surface area contributed by atoms with Gasteiger partial charge in [-0.05, 0) is 61.4 Å². The number of rotatable bonds is 7. The van der Waals surface area contributed by atoms with E-state index in [0.717, 1.165) is 37.7 Å². The highest BCUT2D eigenvalue weighted by Gasteiger charge is 2.20. The Hall–Kier alpha value is -2.24. The molecule has 0 unspecified atom stereocenters. The number of piperazine rings is 1. The Morgan fingerprint density at radius 1 is 0.926 bits per heavy atom. The second kappa shape index (κ2) is 9.11. The number of hydrogen-bond acceptors (Lipinski definition) is 5. The zero-order valence-corrected chi connectivity index (χ0v) is 16.5. The molecule has 146 valence electrons. The van der Waals surface area contributed by atoms with Gasteiger partial charge in [-0.2, -0.15) is 0 Å². The summed E-state index contributed by atoms with van der Waals surface area (Å²) in [6.07, 6.45) is -0.488. The third-order valence-corrected chi connectivity index (χ3v) is 4.92. The molecule has 0 bridgehead atoms. The zero-order valence-electron chi connectivity index (χ0n) is 16.5. The predicted molar refractivity (Wildman–Crippen MR) is 109 cm³/mol. The first-order valence-electron chi connectivity index (χ1n) is 9.54. The van der Waals surface area contributed by atoms with Crippen LogP contribution in [0.1, 0.15) is 11.1 Å². The van der Waals surface area contributed by atoms with Crippen molar-refractivity contribution in [3.8, 4) is 11.5 Å². The summed E-state index contributed by atoms with van der Waals surface area (Å²) in [7, 11) is 1.68. The fraction of sp³-hybridized carbons (Fsp3) is 0.455. The highest BCUT2D eigenvalue weighted by atomic mass is 16.5. The molecule has 1 atom stereocenters. The average molecular weight is 370 g/mol. The molecule has 1 aliphatic heterocycles. The molecule has 27 heavy (non-hydrogen) atoms. The maximum atomic E-state index is 10.3. The van der Waals surface area contributed by atoms with Crippen molar-refractivity contribution in [3.05, 3.63) is 53.6 Å². The van der Waals surface area contributed by atoms with Crippen LogP contribution in [-0.4, -0.2) is 62.6 Å². The molecule has 1 N–H and O–H groups in total. The van der Waals surface area contributed by atoms with Crippen LogP contribution >= 0.6 is 0 Å². The summed E-state index contributed by atoms with van der Waals surface area (Å²) in [4.78, 5) is 4.67. The van der Waals surface area contributed by atoms with Gasteiger partial charge in [0.15, 0.2) is 0 Å². The monoisotopic (exact) mass is 370 g/mol. The largest absolute Gasteiger partial charge is 0.497 e. The number of aliphatic hydroxyl groups excluding tert-OH is 1. The van der Waals surface area contributed by atoms with Crippen molar-refractivity contribution in [2.75, 3.05) is 51.3 Å². The number of methoxy groups -OCH3 is 1. The summed E-state index contributed by atoms with van der Waals surface area (Å²) < 4.78 is 11.0. The van der Waals surface area contributed by atoms with Gasteiger partial charge in [0.2, 0.25) is 0 Å². The Bertz CT molecular complexity index is 705. The maximum absolute atomic E-state index is 10.3. The predicted octanol–water partition coefficient (Wildman–Crippen LogP) is 2.87. The number of β-amino-alcohol motifs (C(OH)–C–C–N with tert-alkyl or cyclic N) is 1. The van der Waals surface area contributed by atoms with Crippen molar-refractivity contribution < 1.29 is 14.6 Å². The molecular weight excluding hydrogens is 340 g/mol. The van der Waals surface area contributed by atoms with Gasteiger partial charge in [-0.3, -0.25) is 4.90 Å². The Morgan fingerprint density at radius 3 is 2.15 bits per heavy atom. The van der Waals surface area contributed by atoms with E-state index in [-0.39, 0.29) is 0 Å². The number of aryl methyl sites for hydroxylation is 2. The molecule has 1 fully saturated rings. The van der Waals surface area contributed by atoms with Crippen molar-refractivity contribution in [2.45, 2.75) is 20.0 Å². The van der Waals surface area contributed by atoms with E-state index in [1.165, 1.54) is 16.8 Å². The summed E-state index contributed by atoms with van der Waals surface area (Å²) in [5.74, 6) is 1.71. The van der Waals surface area contributed by atoms with Gasteiger partial charge in [-0.1, -0.05) is 6.07 Å². The molecule has 0 spiro atoms. The lowest BCUT2D eigenvalue weighted by Gasteiger charge is -2.36. The molecule has 3 rings (SSSR count). The number of anilines is 1. The summed E-state index contributed by atoms with van der Waals surface area (Å²) in [6, 6.07) is 14.3. The van der Waals surface area contributed by atoms with E-state index >= 15 is 0 Å². The van der Waals surface area contributed by atoms with Crippen LogP contribution in [0.25, 0.3) is 0 Å². The minimum atomic E-state index is -0.488. The number of benzene rings is 2. The minimum absolute atomic E-state index is 0.321. The quantitative estimate of drug-likeness (QED) is 0.812. The smallest absolute Gasteiger partial charge is 0.119 e. The Labute approximate surface area is 162 Å². The molecule has 0 aliphatic carbocycles. The van der Waals surface area contributed by atoms with Gasteiger partial charge >= 0.3 is 0 Å². The first-order chi connectivity index (χ1) is 13.0. The van der Waals surface area contributed by atoms with E-state index in [9.17, 15) is 5.11 Å². The van der Waals surface area contributed by atoms with E-state index in [1.807, 2.05) is 24.3 Å². The van der Waals surface area contributed by atoms with Gasteiger partial charge < -0.3 is 19.5 Å². The highest BCUT2D eigenvalue weighted by Crippen LogP contribution is 2.21.